The second kappa shape index (κ2) is 5.47. The van der Waals surface area contributed by atoms with Crippen molar-refractivity contribution in [3.8, 4) is 0 Å². The van der Waals surface area contributed by atoms with Gasteiger partial charge in [0.15, 0.2) is 0 Å². The molecule has 0 bridgehead atoms. The summed E-state index contributed by atoms with van der Waals surface area (Å²) in [5.74, 6) is 1.69. The van der Waals surface area contributed by atoms with Gasteiger partial charge >= 0.3 is 0 Å². The summed E-state index contributed by atoms with van der Waals surface area (Å²) in [4.78, 5) is 23.8. The number of hydrogen-bond acceptors (Lipinski definition) is 3. The van der Waals surface area contributed by atoms with E-state index in [2.05, 4.69) is 6.58 Å². The minimum atomic E-state index is -0.465. The summed E-state index contributed by atoms with van der Waals surface area (Å²) in [7, 11) is 0. The molecule has 0 aromatic heterocycles. The van der Waals surface area contributed by atoms with Crippen molar-refractivity contribution in [1.82, 2.24) is 4.90 Å². The highest BCUT2D eigenvalue weighted by Crippen LogP contribution is 2.12. The quantitative estimate of drug-likeness (QED) is 0.369. The molecule has 1 saturated heterocycles. The summed E-state index contributed by atoms with van der Waals surface area (Å²) < 4.78 is 0.850. The summed E-state index contributed by atoms with van der Waals surface area (Å²) in [6.07, 6.45) is 4.53. The molecular weight excluding hydrogens is 180 g/mol. The number of likely N-dealkylation sites (tertiary alicyclic amines) is 1. The molecule has 4 heteroatoms. The molecule has 1 heterocycles. The fourth-order valence-electron chi connectivity index (χ4n) is 1.67. The molecule has 0 spiro atoms. The third-order valence-electron chi connectivity index (χ3n) is 2.34. The van der Waals surface area contributed by atoms with E-state index < -0.39 is 6.17 Å². The number of hydrogen-bond donors (Lipinski definition) is 0. The minimum Gasteiger partial charge on any atom is -0.238 e. The first-order chi connectivity index (χ1) is 6.79. The first-order valence-corrected chi connectivity index (χ1v) is 4.79. The van der Waals surface area contributed by atoms with Gasteiger partial charge in [-0.05, 0) is 18.9 Å². The SMILES string of the molecule is C=CC[N+](=O)C(C=C=O)N1CCCC1. The van der Waals surface area contributed by atoms with Crippen molar-refractivity contribution < 1.29 is 9.55 Å². The highest BCUT2D eigenvalue weighted by molar-refractivity contribution is 5.45. The molecule has 14 heavy (non-hydrogen) atoms. The van der Waals surface area contributed by atoms with Gasteiger partial charge in [0.25, 0.3) is 6.17 Å². The second-order valence-electron chi connectivity index (χ2n) is 3.33. The summed E-state index contributed by atoms with van der Waals surface area (Å²) in [5.41, 5.74) is 0. The lowest BCUT2D eigenvalue weighted by Gasteiger charge is -2.15. The van der Waals surface area contributed by atoms with Crippen LogP contribution in [0.5, 0.6) is 0 Å². The van der Waals surface area contributed by atoms with Crippen molar-refractivity contribution in [3.05, 3.63) is 23.6 Å². The van der Waals surface area contributed by atoms with Gasteiger partial charge in [-0.1, -0.05) is 6.58 Å². The van der Waals surface area contributed by atoms with Crippen LogP contribution in [-0.4, -0.2) is 41.4 Å². The van der Waals surface area contributed by atoms with E-state index in [0.29, 0.717) is 0 Å². The number of nitrogens with zero attached hydrogens (tertiary/aromatic N) is 2. The molecule has 0 N–H and O–H groups in total. The maximum absolute atomic E-state index is 11.5. The molecule has 1 atom stereocenters. The normalized spacial score (nSPS) is 18.6. The van der Waals surface area contributed by atoms with E-state index >= 15 is 0 Å². The lowest BCUT2D eigenvalue weighted by Crippen LogP contribution is -2.39. The average molecular weight is 195 g/mol. The van der Waals surface area contributed by atoms with Crippen LogP contribution in [0.15, 0.2) is 18.7 Å². The Morgan fingerprint density at radius 2 is 2.14 bits per heavy atom. The van der Waals surface area contributed by atoms with E-state index in [0.717, 1.165) is 30.7 Å². The predicted molar refractivity (Wildman–Crippen MR) is 53.5 cm³/mol. The lowest BCUT2D eigenvalue weighted by molar-refractivity contribution is -0.588. The molecule has 0 aromatic carbocycles. The lowest BCUT2D eigenvalue weighted by atomic mass is 10.4. The van der Waals surface area contributed by atoms with Crippen molar-refractivity contribution >= 4 is 5.94 Å². The van der Waals surface area contributed by atoms with Crippen LogP contribution in [0.25, 0.3) is 0 Å². The molecule has 1 rings (SSSR count). The molecule has 76 valence electrons. The van der Waals surface area contributed by atoms with E-state index in [1.165, 1.54) is 12.2 Å². The Kier molecular flexibility index (Phi) is 4.23. The molecule has 1 aliphatic rings. The molecule has 0 amide bonds. The highest BCUT2D eigenvalue weighted by Gasteiger charge is 2.31. The van der Waals surface area contributed by atoms with Gasteiger partial charge < -0.3 is 0 Å². The molecule has 0 aromatic rings. The monoisotopic (exact) mass is 195 g/mol. The van der Waals surface area contributed by atoms with Crippen LogP contribution in [0.3, 0.4) is 0 Å². The van der Waals surface area contributed by atoms with E-state index in [9.17, 15) is 9.70 Å². The zero-order chi connectivity index (χ0) is 10.4. The summed E-state index contributed by atoms with van der Waals surface area (Å²) in [5, 5.41) is 0. The molecule has 1 aliphatic heterocycles. The van der Waals surface area contributed by atoms with Gasteiger partial charge in [-0.15, -0.1) is 0 Å². The molecule has 1 unspecified atom stereocenters. The first-order valence-electron chi connectivity index (χ1n) is 4.79. The summed E-state index contributed by atoms with van der Waals surface area (Å²) in [6.45, 7) is 5.48. The smallest absolute Gasteiger partial charge is 0.238 e. The van der Waals surface area contributed by atoms with E-state index in [1.807, 2.05) is 4.90 Å². The first kappa shape index (κ1) is 10.8. The van der Waals surface area contributed by atoms with Gasteiger partial charge in [-0.2, -0.15) is 0 Å². The van der Waals surface area contributed by atoms with Crippen LogP contribution in [-0.2, 0) is 4.79 Å². The zero-order valence-corrected chi connectivity index (χ0v) is 8.19. The Morgan fingerprint density at radius 3 is 2.64 bits per heavy atom. The third-order valence-corrected chi connectivity index (χ3v) is 2.34. The maximum Gasteiger partial charge on any atom is 0.287 e. The van der Waals surface area contributed by atoms with Crippen LogP contribution in [0.1, 0.15) is 12.8 Å². The van der Waals surface area contributed by atoms with Crippen LogP contribution in [0.2, 0.25) is 0 Å². The van der Waals surface area contributed by atoms with Crippen LogP contribution in [0, 0.1) is 4.91 Å². The van der Waals surface area contributed by atoms with Crippen LogP contribution in [0.4, 0.5) is 0 Å². The van der Waals surface area contributed by atoms with Gasteiger partial charge in [-0.25, -0.2) is 9.69 Å². The Hall–Kier alpha value is -1.25. The Labute approximate surface area is 83.5 Å². The largest absolute Gasteiger partial charge is 0.287 e. The fourth-order valence-corrected chi connectivity index (χ4v) is 1.67. The number of carbonyl (C=O) groups excluding carboxylic acids is 1. The number of rotatable bonds is 5. The van der Waals surface area contributed by atoms with Gasteiger partial charge in [0, 0.05) is 22.8 Å². The van der Waals surface area contributed by atoms with Gasteiger partial charge in [-0.3, -0.25) is 0 Å². The van der Waals surface area contributed by atoms with E-state index in [1.54, 1.807) is 5.94 Å². The average Bonchev–Trinajstić information content (AvgIpc) is 2.67. The highest BCUT2D eigenvalue weighted by atomic mass is 16.3. The molecule has 0 saturated carbocycles. The van der Waals surface area contributed by atoms with Crippen LogP contribution >= 0.6 is 0 Å². The van der Waals surface area contributed by atoms with Crippen molar-refractivity contribution in [2.45, 2.75) is 19.0 Å². The van der Waals surface area contributed by atoms with Gasteiger partial charge in [0.05, 0.1) is 6.08 Å². The Bertz CT molecular complexity index is 263. The maximum atomic E-state index is 11.5. The molecular formula is C10H15N2O2+. The standard InChI is InChI=1S/C10H15N2O2/c1-2-6-12(14)10(5-9-13)11-7-3-4-8-11/h2,5,10H,1,3-4,6-8H2/q+1. The summed E-state index contributed by atoms with van der Waals surface area (Å²) >= 11 is 0. The van der Waals surface area contributed by atoms with Crippen LogP contribution < -0.4 is 0 Å². The third kappa shape index (κ3) is 2.62. The molecule has 1 fully saturated rings. The Balaban J connectivity index is 2.66. The topological polar surface area (TPSA) is 40.4 Å². The van der Waals surface area contributed by atoms with Gasteiger partial charge in [0.1, 0.15) is 5.94 Å². The van der Waals surface area contributed by atoms with Crippen molar-refractivity contribution in [1.29, 1.82) is 0 Å². The predicted octanol–water partition coefficient (Wildman–Crippen LogP) is 0.761. The second-order valence-corrected chi connectivity index (χ2v) is 3.33. The Morgan fingerprint density at radius 1 is 1.50 bits per heavy atom. The number of nitroso groups, excluding NO2 is 1. The zero-order valence-electron chi connectivity index (χ0n) is 8.19. The van der Waals surface area contributed by atoms with E-state index in [4.69, 9.17) is 0 Å². The molecule has 0 aliphatic carbocycles. The van der Waals surface area contributed by atoms with Gasteiger partial charge in [0.2, 0.25) is 6.54 Å². The molecule has 4 nitrogen and oxygen atoms in total. The van der Waals surface area contributed by atoms with Crippen molar-refractivity contribution in [2.24, 2.45) is 0 Å². The minimum absolute atomic E-state index is 0.235. The molecule has 0 radical (unpaired) electrons. The van der Waals surface area contributed by atoms with Crippen molar-refractivity contribution in [2.75, 3.05) is 19.6 Å². The fraction of sp³-hybridized carbons (Fsp3) is 0.600. The van der Waals surface area contributed by atoms with E-state index in [-0.39, 0.29) is 6.54 Å². The van der Waals surface area contributed by atoms with Crippen molar-refractivity contribution in [3.63, 3.8) is 0 Å². The summed E-state index contributed by atoms with van der Waals surface area (Å²) in [6, 6.07) is 0.